The summed E-state index contributed by atoms with van der Waals surface area (Å²) in [5.41, 5.74) is 18.7. The molecular weight excluding hydrogens is 735 g/mol. The Bertz CT molecular complexity index is 3020. The first-order valence-electron chi connectivity index (χ1n) is 19.6. The lowest BCUT2D eigenvalue weighted by Gasteiger charge is -2.25. The van der Waals surface area contributed by atoms with Crippen molar-refractivity contribution in [1.82, 2.24) is 10.6 Å². The van der Waals surface area contributed by atoms with Crippen LogP contribution in [-0.4, -0.2) is 5.25 Å². The summed E-state index contributed by atoms with van der Waals surface area (Å²) >= 11 is 3.91. The van der Waals surface area contributed by atoms with Crippen LogP contribution in [0.1, 0.15) is 46.1 Å². The van der Waals surface area contributed by atoms with E-state index >= 15 is 0 Å². The molecule has 276 valence electrons. The Morgan fingerprint density at radius 3 is 2.30 bits per heavy atom. The monoisotopic (exact) mass is 773 g/mol. The van der Waals surface area contributed by atoms with E-state index in [-0.39, 0.29) is 17.3 Å². The summed E-state index contributed by atoms with van der Waals surface area (Å²) < 4.78 is 9.24. The predicted molar refractivity (Wildman–Crippen MR) is 241 cm³/mol. The molecule has 9 aromatic rings. The van der Waals surface area contributed by atoms with Gasteiger partial charge in [-0.05, 0) is 63.2 Å². The lowest BCUT2D eigenvalue weighted by atomic mass is 9.83. The molecule has 1 aliphatic heterocycles. The maximum atomic E-state index is 7.02. The molecule has 2 aliphatic rings. The number of hydrogen-bond donors (Lipinski definition) is 3. The van der Waals surface area contributed by atoms with Gasteiger partial charge in [-0.2, -0.15) is 0 Å². The van der Waals surface area contributed by atoms with E-state index in [9.17, 15) is 0 Å². The van der Waals surface area contributed by atoms with Gasteiger partial charge in [0.25, 0.3) is 0 Å². The largest absolute Gasteiger partial charge is 0.456 e. The molecule has 0 fully saturated rings. The fraction of sp³-hybridized carbons (Fsp3) is 0.0980. The molecule has 11 rings (SSSR count). The van der Waals surface area contributed by atoms with Crippen LogP contribution in [0.3, 0.4) is 0 Å². The smallest absolute Gasteiger partial charge is 0.136 e. The minimum Gasteiger partial charge on any atom is -0.456 e. The zero-order valence-corrected chi connectivity index (χ0v) is 32.7. The number of nitrogens with two attached hydrogens (primary N) is 1. The van der Waals surface area contributed by atoms with Crippen LogP contribution >= 0.6 is 23.1 Å². The summed E-state index contributed by atoms with van der Waals surface area (Å²) in [6.07, 6.45) is 6.39. The standard InChI is InChI=1S/C51H39N3OS2/c52-50(54-51(32-15-5-2-6-16-32)53-30-31-13-3-1-4-14-31)33-27-28-43-42(29-33)46-35(18-12-25-44(46)55-43)37-20-10-22-40-41-24-11-23-39(49(41)57-48(37)40)38-21-9-19-36-34-17-7-8-26-45(34)56-47(36)38/h1-29,40,48,50-51,53-54H,30,52H2. The summed E-state index contributed by atoms with van der Waals surface area (Å²) in [6.45, 7) is 0.713. The van der Waals surface area contributed by atoms with Crippen LogP contribution in [0, 0.1) is 0 Å². The normalized spacial score (nSPS) is 17.2. The molecule has 0 amide bonds. The first kappa shape index (κ1) is 34.5. The molecule has 4 nitrogen and oxygen atoms in total. The lowest BCUT2D eigenvalue weighted by Crippen LogP contribution is -2.39. The molecule has 4 atom stereocenters. The van der Waals surface area contributed by atoms with Gasteiger partial charge in [-0.15, -0.1) is 23.1 Å². The highest BCUT2D eigenvalue weighted by atomic mass is 32.2. The third-order valence-electron chi connectivity index (χ3n) is 11.6. The van der Waals surface area contributed by atoms with Crippen LogP contribution < -0.4 is 16.4 Å². The van der Waals surface area contributed by atoms with Crippen LogP contribution in [0.4, 0.5) is 0 Å². The van der Waals surface area contributed by atoms with Gasteiger partial charge in [0.15, 0.2) is 0 Å². The van der Waals surface area contributed by atoms with Crippen molar-refractivity contribution in [2.75, 3.05) is 0 Å². The van der Waals surface area contributed by atoms with E-state index in [0.29, 0.717) is 6.54 Å². The summed E-state index contributed by atoms with van der Waals surface area (Å²) in [5.74, 6) is 0.270. The molecule has 57 heavy (non-hydrogen) atoms. The van der Waals surface area contributed by atoms with Crippen molar-refractivity contribution in [2.45, 2.75) is 34.9 Å². The predicted octanol–water partition coefficient (Wildman–Crippen LogP) is 12.9. The first-order valence-corrected chi connectivity index (χ1v) is 21.3. The summed E-state index contributed by atoms with van der Waals surface area (Å²) in [7, 11) is 0. The van der Waals surface area contributed by atoms with E-state index < -0.39 is 6.17 Å². The average molecular weight is 774 g/mol. The fourth-order valence-electron chi connectivity index (χ4n) is 8.85. The highest BCUT2D eigenvalue weighted by molar-refractivity contribution is 8.01. The molecule has 0 radical (unpaired) electrons. The quantitative estimate of drug-likeness (QED) is 0.128. The Hall–Kier alpha value is -5.73. The van der Waals surface area contributed by atoms with E-state index in [1.165, 1.54) is 58.5 Å². The number of thioether (sulfide) groups is 1. The number of thiophene rings is 1. The third kappa shape index (κ3) is 6.04. The number of furan rings is 1. The molecule has 3 heterocycles. The van der Waals surface area contributed by atoms with Gasteiger partial charge in [-0.25, -0.2) is 0 Å². The number of hydrogen-bond acceptors (Lipinski definition) is 6. The topological polar surface area (TPSA) is 63.2 Å². The van der Waals surface area contributed by atoms with Crippen LogP contribution in [0.2, 0.25) is 0 Å². The average Bonchev–Trinajstić information content (AvgIpc) is 3.97. The Kier molecular flexibility index (Phi) is 8.68. The van der Waals surface area contributed by atoms with E-state index in [0.717, 1.165) is 33.1 Å². The van der Waals surface area contributed by atoms with Gasteiger partial charge < -0.3 is 10.2 Å². The van der Waals surface area contributed by atoms with Crippen LogP contribution in [0.15, 0.2) is 185 Å². The van der Waals surface area contributed by atoms with Gasteiger partial charge in [0.05, 0.1) is 12.3 Å². The highest BCUT2D eigenvalue weighted by Gasteiger charge is 2.38. The van der Waals surface area contributed by atoms with Crippen molar-refractivity contribution in [3.63, 3.8) is 0 Å². The SMILES string of the molecule is NC(NC(NCc1ccccc1)c1ccccc1)c1ccc2oc3cccc(C4=CC=CC5c6cccc(-c7cccc8c7sc7ccccc78)c6SC45)c3c2c1. The van der Waals surface area contributed by atoms with E-state index in [4.69, 9.17) is 10.2 Å². The van der Waals surface area contributed by atoms with E-state index in [1.54, 1.807) is 0 Å². The summed E-state index contributed by atoms with van der Waals surface area (Å²) in [5, 5.41) is 12.5. The minimum absolute atomic E-state index is 0.151. The van der Waals surface area contributed by atoms with Crippen molar-refractivity contribution in [2.24, 2.45) is 5.73 Å². The molecule has 0 saturated heterocycles. The summed E-state index contributed by atoms with van der Waals surface area (Å²) in [4.78, 5) is 1.38. The van der Waals surface area contributed by atoms with Crippen LogP contribution in [0.25, 0.3) is 58.8 Å². The molecule has 4 N–H and O–H groups in total. The second kappa shape index (κ2) is 14.3. The van der Waals surface area contributed by atoms with Crippen molar-refractivity contribution < 1.29 is 4.42 Å². The Morgan fingerprint density at radius 1 is 0.649 bits per heavy atom. The molecule has 7 aromatic carbocycles. The molecule has 1 aliphatic carbocycles. The van der Waals surface area contributed by atoms with Gasteiger partial charge in [-0.1, -0.05) is 152 Å². The van der Waals surface area contributed by atoms with Crippen LogP contribution in [-0.2, 0) is 6.54 Å². The Balaban J connectivity index is 0.940. The molecule has 4 unspecified atom stereocenters. The highest BCUT2D eigenvalue weighted by Crippen LogP contribution is 2.57. The zero-order valence-electron chi connectivity index (χ0n) is 31.1. The molecule has 0 spiro atoms. The van der Waals surface area contributed by atoms with Gasteiger partial charge in [0.2, 0.25) is 0 Å². The molecular formula is C51H39N3OS2. The zero-order chi connectivity index (χ0) is 37.9. The van der Waals surface area contributed by atoms with E-state index in [1.807, 2.05) is 35.2 Å². The molecule has 0 bridgehead atoms. The number of benzene rings is 7. The van der Waals surface area contributed by atoms with Crippen molar-refractivity contribution in [3.05, 3.63) is 204 Å². The minimum atomic E-state index is -0.426. The second-order valence-electron chi connectivity index (χ2n) is 15.0. The number of rotatable bonds is 9. The fourth-order valence-corrected chi connectivity index (χ4v) is 11.7. The van der Waals surface area contributed by atoms with Crippen molar-refractivity contribution in [1.29, 1.82) is 0 Å². The Labute approximate surface area is 339 Å². The van der Waals surface area contributed by atoms with Gasteiger partial charge in [-0.3, -0.25) is 10.6 Å². The van der Waals surface area contributed by atoms with Crippen molar-refractivity contribution in [3.8, 4) is 11.1 Å². The Morgan fingerprint density at radius 2 is 1.40 bits per heavy atom. The molecule has 0 saturated carbocycles. The number of fused-ring (bicyclic) bond motifs is 9. The maximum Gasteiger partial charge on any atom is 0.136 e. The van der Waals surface area contributed by atoms with Gasteiger partial charge in [0.1, 0.15) is 11.2 Å². The number of nitrogens with one attached hydrogen (secondary N) is 2. The lowest BCUT2D eigenvalue weighted by molar-refractivity contribution is 0.386. The first-order chi connectivity index (χ1) is 28.2. The third-order valence-corrected chi connectivity index (χ3v) is 14.3. The van der Waals surface area contributed by atoms with E-state index in [2.05, 4.69) is 174 Å². The second-order valence-corrected chi connectivity index (χ2v) is 17.2. The van der Waals surface area contributed by atoms with Crippen LogP contribution in [0.5, 0.6) is 0 Å². The van der Waals surface area contributed by atoms with Crippen molar-refractivity contribution >= 4 is 70.8 Å². The number of allylic oxidation sites excluding steroid dienone is 3. The maximum absolute atomic E-state index is 7.02. The molecule has 6 heteroatoms. The molecule has 2 aromatic heterocycles. The van der Waals surface area contributed by atoms with Gasteiger partial charge >= 0.3 is 0 Å². The van der Waals surface area contributed by atoms with Gasteiger partial charge in [0, 0.05) is 59.1 Å². The summed E-state index contributed by atoms with van der Waals surface area (Å²) in [6, 6.07) is 56.2.